The van der Waals surface area contributed by atoms with E-state index >= 15 is 0 Å². The summed E-state index contributed by atoms with van der Waals surface area (Å²) in [6.45, 7) is 1.58. The zero-order chi connectivity index (χ0) is 20.9. The molecule has 2 aromatic carbocycles. The molecule has 28 heavy (non-hydrogen) atoms. The lowest BCUT2D eigenvalue weighted by Gasteiger charge is -2.09. The van der Waals surface area contributed by atoms with Gasteiger partial charge in [-0.25, -0.2) is 13.2 Å². The van der Waals surface area contributed by atoms with Crippen molar-refractivity contribution in [3.8, 4) is 0 Å². The van der Waals surface area contributed by atoms with Crippen LogP contribution in [0, 0.1) is 17.0 Å². The summed E-state index contributed by atoms with van der Waals surface area (Å²) in [4.78, 5) is 33.6. The highest BCUT2D eigenvalue weighted by Crippen LogP contribution is 2.25. The lowest BCUT2D eigenvalue weighted by molar-refractivity contribution is -0.387. The van der Waals surface area contributed by atoms with E-state index in [1.807, 2.05) is 31.2 Å². The number of ether oxygens (including phenoxy) is 1. The molecule has 0 aliphatic carbocycles. The van der Waals surface area contributed by atoms with Gasteiger partial charge in [-0.1, -0.05) is 24.3 Å². The van der Waals surface area contributed by atoms with Gasteiger partial charge >= 0.3 is 5.97 Å². The molecule has 10 heteroatoms. The van der Waals surface area contributed by atoms with Gasteiger partial charge in [0.1, 0.15) is 4.90 Å². The Morgan fingerprint density at radius 2 is 1.86 bits per heavy atom. The normalized spacial score (nSPS) is 10.9. The fourth-order valence-electron chi connectivity index (χ4n) is 2.37. The quantitative estimate of drug-likeness (QED) is 0.421. The van der Waals surface area contributed by atoms with E-state index in [9.17, 15) is 28.1 Å². The molecular weight excluding hydrogens is 388 g/mol. The molecule has 1 N–H and O–H groups in total. The van der Waals surface area contributed by atoms with E-state index < -0.39 is 43.8 Å². The van der Waals surface area contributed by atoms with Crippen LogP contribution in [0.15, 0.2) is 47.4 Å². The summed E-state index contributed by atoms with van der Waals surface area (Å²) in [6, 6.07) is 10.3. The Hall–Kier alpha value is -3.27. The van der Waals surface area contributed by atoms with Gasteiger partial charge in [0, 0.05) is 18.9 Å². The first-order chi connectivity index (χ1) is 13.1. The second kappa shape index (κ2) is 8.61. The van der Waals surface area contributed by atoms with E-state index in [0.717, 1.165) is 35.6 Å². The second-order valence-electron chi connectivity index (χ2n) is 5.99. The minimum absolute atomic E-state index is 0.231. The van der Waals surface area contributed by atoms with E-state index in [1.165, 1.54) is 0 Å². The zero-order valence-corrected chi connectivity index (χ0v) is 16.0. The van der Waals surface area contributed by atoms with Gasteiger partial charge in [-0.05, 0) is 30.2 Å². The summed E-state index contributed by atoms with van der Waals surface area (Å²) in [5.74, 6) is -1.52. The maximum absolute atomic E-state index is 12.0. The molecule has 0 saturated heterocycles. The minimum Gasteiger partial charge on any atom is -0.452 e. The van der Waals surface area contributed by atoms with Crippen LogP contribution in [0.1, 0.15) is 21.5 Å². The van der Waals surface area contributed by atoms with Gasteiger partial charge in [0.25, 0.3) is 11.6 Å². The standard InChI is InChI=1S/C18H18N2O7S/c1-12-5-3-4-6-14(12)10-19-17(21)11-27-18(22)13-7-8-16(28(2,25)26)15(9-13)20(23)24/h3-9H,10-11H2,1-2H3,(H,19,21). The van der Waals surface area contributed by atoms with Crippen molar-refractivity contribution in [3.05, 3.63) is 69.3 Å². The molecule has 0 unspecified atom stereocenters. The van der Waals surface area contributed by atoms with Crippen molar-refractivity contribution in [1.29, 1.82) is 0 Å². The maximum atomic E-state index is 12.0. The summed E-state index contributed by atoms with van der Waals surface area (Å²) in [7, 11) is -3.84. The average Bonchev–Trinajstić information content (AvgIpc) is 2.64. The van der Waals surface area contributed by atoms with Gasteiger partial charge in [-0.3, -0.25) is 14.9 Å². The predicted molar refractivity (Wildman–Crippen MR) is 99.5 cm³/mol. The molecule has 0 fully saturated rings. The van der Waals surface area contributed by atoms with Crippen LogP contribution in [-0.2, 0) is 25.9 Å². The number of benzene rings is 2. The van der Waals surface area contributed by atoms with Crippen LogP contribution in [0.3, 0.4) is 0 Å². The van der Waals surface area contributed by atoms with Crippen molar-refractivity contribution in [1.82, 2.24) is 5.32 Å². The first-order valence-corrected chi connectivity index (χ1v) is 9.95. The van der Waals surface area contributed by atoms with Crippen molar-refractivity contribution in [3.63, 3.8) is 0 Å². The Kier molecular flexibility index (Phi) is 6.47. The maximum Gasteiger partial charge on any atom is 0.338 e. The number of hydrogen-bond donors (Lipinski definition) is 1. The summed E-state index contributed by atoms with van der Waals surface area (Å²) in [6.07, 6.45) is 0.826. The fourth-order valence-corrected chi connectivity index (χ4v) is 3.20. The molecular formula is C18H18N2O7S. The summed E-state index contributed by atoms with van der Waals surface area (Å²) in [5, 5.41) is 13.7. The topological polar surface area (TPSA) is 133 Å². The monoisotopic (exact) mass is 406 g/mol. The van der Waals surface area contributed by atoms with E-state index in [-0.39, 0.29) is 12.1 Å². The van der Waals surface area contributed by atoms with Crippen molar-refractivity contribution in [2.24, 2.45) is 0 Å². The van der Waals surface area contributed by atoms with Crippen LogP contribution in [0.25, 0.3) is 0 Å². The van der Waals surface area contributed by atoms with E-state index in [4.69, 9.17) is 4.74 Å². The third-order valence-electron chi connectivity index (χ3n) is 3.86. The molecule has 9 nitrogen and oxygen atoms in total. The lowest BCUT2D eigenvalue weighted by atomic mass is 10.1. The molecule has 0 saturated carbocycles. The molecule has 1 amide bonds. The molecule has 0 bridgehead atoms. The summed E-state index contributed by atoms with van der Waals surface area (Å²) < 4.78 is 28.0. The minimum atomic E-state index is -3.84. The molecule has 2 aromatic rings. The number of nitro benzene ring substituents is 1. The van der Waals surface area contributed by atoms with Crippen LogP contribution in [-0.4, -0.2) is 38.1 Å². The SMILES string of the molecule is Cc1ccccc1CNC(=O)COC(=O)c1ccc(S(C)(=O)=O)c([N+](=O)[O-])c1. The molecule has 0 aromatic heterocycles. The summed E-state index contributed by atoms with van der Waals surface area (Å²) in [5.41, 5.74) is 0.944. The molecule has 0 spiro atoms. The van der Waals surface area contributed by atoms with E-state index in [0.29, 0.717) is 0 Å². The molecule has 0 radical (unpaired) electrons. The fraction of sp³-hybridized carbons (Fsp3) is 0.222. The third-order valence-corrected chi connectivity index (χ3v) is 5.01. The van der Waals surface area contributed by atoms with Crippen LogP contribution >= 0.6 is 0 Å². The number of nitro groups is 1. The van der Waals surface area contributed by atoms with Gasteiger partial charge in [-0.15, -0.1) is 0 Å². The Labute approximate surface area is 161 Å². The number of carbonyl (C=O) groups excluding carboxylic acids is 2. The highest BCUT2D eigenvalue weighted by atomic mass is 32.2. The summed E-state index contributed by atoms with van der Waals surface area (Å²) >= 11 is 0. The highest BCUT2D eigenvalue weighted by Gasteiger charge is 2.24. The van der Waals surface area contributed by atoms with Gasteiger partial charge in [-0.2, -0.15) is 0 Å². The molecule has 0 heterocycles. The van der Waals surface area contributed by atoms with Gasteiger partial charge in [0.15, 0.2) is 16.4 Å². The number of nitrogens with zero attached hydrogens (tertiary/aromatic N) is 1. The van der Waals surface area contributed by atoms with Gasteiger partial charge in [0.05, 0.1) is 10.5 Å². The van der Waals surface area contributed by atoms with Crippen LogP contribution in [0.5, 0.6) is 0 Å². The zero-order valence-electron chi connectivity index (χ0n) is 15.2. The largest absolute Gasteiger partial charge is 0.452 e. The molecule has 0 aliphatic heterocycles. The average molecular weight is 406 g/mol. The van der Waals surface area contributed by atoms with E-state index in [1.54, 1.807) is 0 Å². The number of rotatable bonds is 7. The van der Waals surface area contributed by atoms with Crippen LogP contribution < -0.4 is 5.32 Å². The Morgan fingerprint density at radius 1 is 1.18 bits per heavy atom. The number of aryl methyl sites for hydroxylation is 1. The number of amides is 1. The Morgan fingerprint density at radius 3 is 2.46 bits per heavy atom. The second-order valence-corrected chi connectivity index (χ2v) is 7.98. The first-order valence-electron chi connectivity index (χ1n) is 8.06. The predicted octanol–water partition coefficient (Wildman–Crippen LogP) is 1.78. The Balaban J connectivity index is 2.01. The number of hydrogen-bond acceptors (Lipinski definition) is 7. The first kappa shape index (κ1) is 21.0. The molecule has 0 atom stereocenters. The van der Waals surface area contributed by atoms with Crippen molar-refractivity contribution in [2.75, 3.05) is 12.9 Å². The van der Waals surface area contributed by atoms with Crippen molar-refractivity contribution >= 4 is 27.4 Å². The van der Waals surface area contributed by atoms with Crippen molar-refractivity contribution < 1.29 is 27.7 Å². The third kappa shape index (κ3) is 5.36. The van der Waals surface area contributed by atoms with E-state index in [2.05, 4.69) is 5.32 Å². The number of carbonyl (C=O) groups is 2. The molecule has 148 valence electrons. The van der Waals surface area contributed by atoms with Gasteiger partial charge in [0.2, 0.25) is 0 Å². The molecule has 0 aliphatic rings. The van der Waals surface area contributed by atoms with Crippen LogP contribution in [0.4, 0.5) is 5.69 Å². The number of esters is 1. The number of sulfone groups is 1. The van der Waals surface area contributed by atoms with Crippen LogP contribution in [0.2, 0.25) is 0 Å². The van der Waals surface area contributed by atoms with Gasteiger partial charge < -0.3 is 10.1 Å². The lowest BCUT2D eigenvalue weighted by Crippen LogP contribution is -2.28. The number of nitrogens with one attached hydrogen (secondary N) is 1. The Bertz CT molecular complexity index is 1030. The van der Waals surface area contributed by atoms with Crippen molar-refractivity contribution in [2.45, 2.75) is 18.4 Å². The smallest absolute Gasteiger partial charge is 0.338 e. The molecule has 2 rings (SSSR count). The highest BCUT2D eigenvalue weighted by molar-refractivity contribution is 7.90.